The van der Waals surface area contributed by atoms with Crippen molar-refractivity contribution in [3.8, 4) is 11.3 Å². The molecule has 3 N–H and O–H groups in total. The summed E-state index contributed by atoms with van der Waals surface area (Å²) in [5, 5.41) is 21.2. The molecule has 3 heterocycles. The van der Waals surface area contributed by atoms with E-state index in [2.05, 4.69) is 30.4 Å². The summed E-state index contributed by atoms with van der Waals surface area (Å²) >= 11 is 0. The highest BCUT2D eigenvalue weighted by molar-refractivity contribution is 5.67. The Hall–Kier alpha value is -3.97. The fraction of sp³-hybridized carbons (Fsp3) is 0.304. The number of carboxylic acids is 1. The number of aliphatic carboxylic acids is 1. The summed E-state index contributed by atoms with van der Waals surface area (Å²) in [6, 6.07) is 3.53. The molecule has 0 saturated carbocycles. The third-order valence-corrected chi connectivity index (χ3v) is 5.49. The molecule has 36 heavy (non-hydrogen) atoms. The van der Waals surface area contributed by atoms with Gasteiger partial charge in [-0.15, -0.1) is 0 Å². The van der Waals surface area contributed by atoms with Crippen LogP contribution in [0.15, 0.2) is 48.2 Å². The molecule has 3 aromatic rings. The van der Waals surface area contributed by atoms with Crippen LogP contribution in [0.5, 0.6) is 0 Å². The summed E-state index contributed by atoms with van der Waals surface area (Å²) in [6.07, 6.45) is 5.92. The fourth-order valence-electron chi connectivity index (χ4n) is 3.59. The van der Waals surface area contributed by atoms with Crippen LogP contribution in [0.2, 0.25) is 0 Å². The van der Waals surface area contributed by atoms with Crippen LogP contribution in [0.25, 0.3) is 11.3 Å². The van der Waals surface area contributed by atoms with Crippen molar-refractivity contribution in [1.82, 2.24) is 30.4 Å². The van der Waals surface area contributed by atoms with Crippen molar-refractivity contribution in [1.29, 1.82) is 0 Å². The highest BCUT2D eigenvalue weighted by Gasteiger charge is 2.43. The SMILES string of the molecule is CCC(=O)O.C[C@@H](c1ncncc1F)[C@](O)(CN1C=NCN1)c1ccc(F)cc1-c1ncncc1F. The van der Waals surface area contributed by atoms with E-state index in [0.29, 0.717) is 6.67 Å². The first kappa shape index (κ1) is 26.6. The molecule has 4 rings (SSSR count). The lowest BCUT2D eigenvalue weighted by Crippen LogP contribution is -2.47. The molecule has 1 aliphatic rings. The van der Waals surface area contributed by atoms with E-state index >= 15 is 0 Å². The zero-order chi connectivity index (χ0) is 26.3. The maximum Gasteiger partial charge on any atom is 0.303 e. The Bertz CT molecular complexity index is 1250. The van der Waals surface area contributed by atoms with Crippen molar-refractivity contribution in [2.24, 2.45) is 4.99 Å². The molecule has 0 unspecified atom stereocenters. The number of carbonyl (C=O) groups is 1. The number of β-amino-alcohol motifs (C(OH)–C–C–N with tert-alkyl or cyclic N) is 1. The topological polar surface area (TPSA) is 137 Å². The average Bonchev–Trinajstić information content (AvgIpc) is 3.37. The van der Waals surface area contributed by atoms with E-state index in [1.165, 1.54) is 23.7 Å². The van der Waals surface area contributed by atoms with Crippen LogP contribution in [0.3, 0.4) is 0 Å². The van der Waals surface area contributed by atoms with Crippen molar-refractivity contribution in [2.75, 3.05) is 13.2 Å². The number of aromatic nitrogens is 4. The molecule has 0 amide bonds. The molecule has 2 aromatic heterocycles. The van der Waals surface area contributed by atoms with Gasteiger partial charge in [-0.2, -0.15) is 0 Å². The van der Waals surface area contributed by atoms with E-state index in [1.807, 2.05) is 0 Å². The molecule has 10 nitrogen and oxygen atoms in total. The number of hydrazine groups is 1. The molecule has 0 radical (unpaired) electrons. The van der Waals surface area contributed by atoms with E-state index in [0.717, 1.165) is 30.9 Å². The second-order valence-electron chi connectivity index (χ2n) is 7.80. The Balaban J connectivity index is 0.000000658. The molecule has 1 aliphatic heterocycles. The molecular weight excluding hydrogens is 479 g/mol. The minimum absolute atomic E-state index is 0.0138. The number of nitrogens with one attached hydrogen (secondary N) is 1. The lowest BCUT2D eigenvalue weighted by atomic mass is 9.77. The molecular formula is C23H24F3N7O3. The van der Waals surface area contributed by atoms with Crippen molar-refractivity contribution in [3.05, 3.63) is 72.0 Å². The summed E-state index contributed by atoms with van der Waals surface area (Å²) in [5.41, 5.74) is 0.983. The van der Waals surface area contributed by atoms with E-state index < -0.39 is 34.9 Å². The predicted molar refractivity (Wildman–Crippen MR) is 123 cm³/mol. The highest BCUT2D eigenvalue weighted by atomic mass is 19.1. The van der Waals surface area contributed by atoms with Crippen molar-refractivity contribution in [2.45, 2.75) is 31.8 Å². The molecule has 2 atom stereocenters. The average molecular weight is 503 g/mol. The Morgan fingerprint density at radius 1 is 1.17 bits per heavy atom. The molecule has 1 aromatic carbocycles. The summed E-state index contributed by atoms with van der Waals surface area (Å²) in [7, 11) is 0. The van der Waals surface area contributed by atoms with Gasteiger partial charge in [-0.3, -0.25) is 14.8 Å². The Kier molecular flexibility index (Phi) is 8.61. The second-order valence-corrected chi connectivity index (χ2v) is 7.80. The van der Waals surface area contributed by atoms with Gasteiger partial charge in [0.15, 0.2) is 11.6 Å². The van der Waals surface area contributed by atoms with Gasteiger partial charge >= 0.3 is 5.97 Å². The van der Waals surface area contributed by atoms with Gasteiger partial charge in [0.1, 0.15) is 42.8 Å². The third kappa shape index (κ3) is 5.98. The normalized spacial score (nSPS) is 15.1. The predicted octanol–water partition coefficient (Wildman–Crippen LogP) is 2.63. The largest absolute Gasteiger partial charge is 0.481 e. The van der Waals surface area contributed by atoms with Crippen molar-refractivity contribution < 1.29 is 28.2 Å². The molecule has 190 valence electrons. The highest BCUT2D eigenvalue weighted by Crippen LogP contribution is 2.42. The minimum atomic E-state index is -1.86. The number of benzene rings is 1. The zero-order valence-corrected chi connectivity index (χ0v) is 19.4. The molecule has 0 bridgehead atoms. The standard InChI is InChI=1S/C20H18F3N7O.C3H6O2/c1-12(18-16(22)5-24-8-27-18)20(31,7-30-11-26-10-29-30)15-3-2-13(21)4-14(15)19-17(23)6-25-9-28-19;1-2-3(4)5/h2-6,8-9,11-12,29,31H,7,10H2,1H3;2H2,1H3,(H,4,5)/t12-,20+;/m0./s1. The van der Waals surface area contributed by atoms with Gasteiger partial charge in [0.2, 0.25) is 0 Å². The van der Waals surface area contributed by atoms with Crippen LogP contribution < -0.4 is 5.43 Å². The Labute approximate surface area is 204 Å². The monoisotopic (exact) mass is 503 g/mol. The van der Waals surface area contributed by atoms with E-state index in [9.17, 15) is 23.1 Å². The number of rotatable bonds is 7. The number of hydrogen-bond donors (Lipinski definition) is 3. The van der Waals surface area contributed by atoms with Gasteiger partial charge in [-0.05, 0) is 17.7 Å². The summed E-state index contributed by atoms with van der Waals surface area (Å²) in [5.74, 6) is -3.85. The van der Waals surface area contributed by atoms with Crippen molar-refractivity contribution >= 4 is 12.3 Å². The number of halogens is 3. The summed E-state index contributed by atoms with van der Waals surface area (Å²) in [6.45, 7) is 3.35. The lowest BCUT2D eigenvalue weighted by Gasteiger charge is -2.38. The van der Waals surface area contributed by atoms with Crippen LogP contribution in [-0.2, 0) is 10.4 Å². The van der Waals surface area contributed by atoms with Crippen LogP contribution in [-0.4, -0.2) is 60.7 Å². The van der Waals surface area contributed by atoms with Gasteiger partial charge in [0.05, 0.1) is 24.6 Å². The molecule has 0 fully saturated rings. The van der Waals surface area contributed by atoms with Gasteiger partial charge in [0.25, 0.3) is 0 Å². The van der Waals surface area contributed by atoms with Gasteiger partial charge in [-0.1, -0.05) is 19.9 Å². The maximum absolute atomic E-state index is 14.5. The third-order valence-electron chi connectivity index (χ3n) is 5.49. The van der Waals surface area contributed by atoms with Gasteiger partial charge < -0.3 is 10.2 Å². The van der Waals surface area contributed by atoms with Crippen molar-refractivity contribution in [3.63, 3.8) is 0 Å². The van der Waals surface area contributed by atoms with Crippen LogP contribution in [0.1, 0.15) is 37.4 Å². The second kappa shape index (κ2) is 11.6. The van der Waals surface area contributed by atoms with Crippen LogP contribution in [0.4, 0.5) is 13.2 Å². The van der Waals surface area contributed by atoms with Crippen LogP contribution >= 0.6 is 0 Å². The smallest absolute Gasteiger partial charge is 0.303 e. The molecule has 0 spiro atoms. The number of nitrogens with zero attached hydrogens (tertiary/aromatic N) is 6. The number of aliphatic hydroxyl groups is 1. The number of carboxylic acid groups (broad SMARTS) is 1. The van der Waals surface area contributed by atoms with E-state index in [1.54, 1.807) is 13.8 Å². The molecule has 0 saturated heterocycles. The van der Waals surface area contributed by atoms with E-state index in [-0.39, 0.29) is 35.5 Å². The zero-order valence-electron chi connectivity index (χ0n) is 19.4. The quantitative estimate of drug-likeness (QED) is 0.444. The first-order valence-corrected chi connectivity index (χ1v) is 10.8. The summed E-state index contributed by atoms with van der Waals surface area (Å²) < 4.78 is 43.2. The van der Waals surface area contributed by atoms with Gasteiger partial charge in [0, 0.05) is 17.9 Å². The molecule has 0 aliphatic carbocycles. The van der Waals surface area contributed by atoms with Crippen LogP contribution in [0, 0.1) is 17.5 Å². The van der Waals surface area contributed by atoms with E-state index in [4.69, 9.17) is 5.11 Å². The summed E-state index contributed by atoms with van der Waals surface area (Å²) in [4.78, 5) is 28.6. The Morgan fingerprint density at radius 2 is 1.83 bits per heavy atom. The van der Waals surface area contributed by atoms with Gasteiger partial charge in [-0.25, -0.2) is 38.5 Å². The minimum Gasteiger partial charge on any atom is -0.481 e. The molecule has 13 heteroatoms. The first-order chi connectivity index (χ1) is 17.2. The Morgan fingerprint density at radius 3 is 2.42 bits per heavy atom. The lowest BCUT2D eigenvalue weighted by molar-refractivity contribution is -0.136. The number of hydrogen-bond acceptors (Lipinski definition) is 9. The number of aliphatic imine (C=N–C) groups is 1. The maximum atomic E-state index is 14.5. The fourth-order valence-corrected chi connectivity index (χ4v) is 3.59. The first-order valence-electron chi connectivity index (χ1n) is 10.8.